The van der Waals surface area contributed by atoms with E-state index in [1.54, 1.807) is 12.1 Å². The molecule has 0 unspecified atom stereocenters. The minimum absolute atomic E-state index is 0.394. The van der Waals surface area contributed by atoms with E-state index in [1.165, 1.54) is 13.3 Å². The lowest BCUT2D eigenvalue weighted by Crippen LogP contribution is -2.23. The largest absolute Gasteiger partial charge is 0.489 e. The molecule has 132 valence electrons. The summed E-state index contributed by atoms with van der Waals surface area (Å²) < 4.78 is 11.4. The molecule has 5 nitrogen and oxygen atoms in total. The number of carbonyl (C=O) groups is 1. The maximum absolute atomic E-state index is 11.5. The van der Waals surface area contributed by atoms with Gasteiger partial charge in [0.15, 0.2) is 0 Å². The van der Waals surface area contributed by atoms with Crippen LogP contribution in [-0.2, 0) is 11.3 Å². The lowest BCUT2D eigenvalue weighted by Gasteiger charge is -2.23. The van der Waals surface area contributed by atoms with Crippen molar-refractivity contribution in [3.05, 3.63) is 64.8 Å². The Morgan fingerprint density at radius 1 is 1.36 bits per heavy atom. The van der Waals surface area contributed by atoms with Gasteiger partial charge < -0.3 is 14.4 Å². The summed E-state index contributed by atoms with van der Waals surface area (Å²) in [7, 11) is 1.35. The number of nitrogens with zero attached hydrogens (tertiary/aromatic N) is 2. The number of benzene rings is 1. The first-order valence-electron chi connectivity index (χ1n) is 7.90. The third kappa shape index (κ3) is 5.06. The number of aromatic nitrogens is 1. The van der Waals surface area contributed by atoms with Gasteiger partial charge in [0.05, 0.1) is 12.7 Å². The molecular weight excluding hydrogens is 384 g/mol. The Morgan fingerprint density at radius 3 is 2.76 bits per heavy atom. The topological polar surface area (TPSA) is 51.7 Å². The molecule has 0 radical (unpaired) electrons. The van der Waals surface area contributed by atoms with Crippen LogP contribution in [0.2, 0.25) is 0 Å². The quantitative estimate of drug-likeness (QED) is 0.486. The van der Waals surface area contributed by atoms with Crippen LogP contribution in [-0.4, -0.2) is 31.2 Å². The zero-order valence-corrected chi connectivity index (χ0v) is 16.0. The smallest absolute Gasteiger partial charge is 0.339 e. The van der Waals surface area contributed by atoms with E-state index in [0.717, 1.165) is 28.1 Å². The first-order valence-corrected chi connectivity index (χ1v) is 8.69. The van der Waals surface area contributed by atoms with Crippen molar-refractivity contribution in [1.82, 2.24) is 4.98 Å². The Kier molecular flexibility index (Phi) is 7.01. The summed E-state index contributed by atoms with van der Waals surface area (Å²) in [5.41, 5.74) is 1.47. The standard InChI is InChI=1S/C19H21BrN2O3/c1-4-10-25-17-8-7-16(20)11-15(17)13-22(5-2)18-9-6-14(12-21-18)19(23)24-3/h4,6-9,11-12H,1,5,10,13H2,2-3H3. The van der Waals surface area contributed by atoms with Crippen molar-refractivity contribution >= 4 is 27.7 Å². The van der Waals surface area contributed by atoms with Gasteiger partial charge >= 0.3 is 5.97 Å². The lowest BCUT2D eigenvalue weighted by atomic mass is 10.2. The molecule has 6 heteroatoms. The van der Waals surface area contributed by atoms with E-state index >= 15 is 0 Å². The van der Waals surface area contributed by atoms with E-state index in [1.807, 2.05) is 24.3 Å². The van der Waals surface area contributed by atoms with Gasteiger partial charge in [0.2, 0.25) is 0 Å². The average molecular weight is 405 g/mol. The van der Waals surface area contributed by atoms with Crippen molar-refractivity contribution < 1.29 is 14.3 Å². The highest BCUT2D eigenvalue weighted by atomic mass is 79.9. The van der Waals surface area contributed by atoms with E-state index in [0.29, 0.717) is 18.7 Å². The van der Waals surface area contributed by atoms with Crippen LogP contribution in [0.25, 0.3) is 0 Å². The number of rotatable bonds is 8. The number of methoxy groups -OCH3 is 1. The molecule has 0 atom stereocenters. The van der Waals surface area contributed by atoms with Gasteiger partial charge in [0, 0.05) is 29.3 Å². The molecule has 1 heterocycles. The van der Waals surface area contributed by atoms with E-state index in [-0.39, 0.29) is 0 Å². The minimum atomic E-state index is -0.394. The SMILES string of the molecule is C=CCOc1ccc(Br)cc1CN(CC)c1ccc(C(=O)OC)cn1. The van der Waals surface area contributed by atoms with Crippen LogP contribution >= 0.6 is 15.9 Å². The van der Waals surface area contributed by atoms with Gasteiger partial charge in [-0.3, -0.25) is 0 Å². The summed E-state index contributed by atoms with van der Waals surface area (Å²) in [6, 6.07) is 9.45. The summed E-state index contributed by atoms with van der Waals surface area (Å²) in [6.07, 6.45) is 3.25. The average Bonchev–Trinajstić information content (AvgIpc) is 2.65. The second kappa shape index (κ2) is 9.22. The van der Waals surface area contributed by atoms with Gasteiger partial charge in [0.1, 0.15) is 18.2 Å². The maximum atomic E-state index is 11.5. The number of hydrogen-bond acceptors (Lipinski definition) is 5. The molecule has 0 N–H and O–H groups in total. The van der Waals surface area contributed by atoms with Crippen LogP contribution in [0.4, 0.5) is 5.82 Å². The highest BCUT2D eigenvalue weighted by molar-refractivity contribution is 9.10. The predicted octanol–water partition coefficient (Wildman–Crippen LogP) is 4.22. The first kappa shape index (κ1) is 19.0. The van der Waals surface area contributed by atoms with E-state index in [9.17, 15) is 4.79 Å². The summed E-state index contributed by atoms with van der Waals surface area (Å²) in [6.45, 7) is 7.58. The van der Waals surface area contributed by atoms with Crippen LogP contribution in [0.15, 0.2) is 53.7 Å². The van der Waals surface area contributed by atoms with Gasteiger partial charge in [-0.25, -0.2) is 9.78 Å². The molecule has 0 spiro atoms. The Bertz CT molecular complexity index is 732. The molecule has 0 aliphatic rings. The van der Waals surface area contributed by atoms with Gasteiger partial charge in [-0.1, -0.05) is 28.6 Å². The molecule has 25 heavy (non-hydrogen) atoms. The number of esters is 1. The molecule has 0 bridgehead atoms. The summed E-state index contributed by atoms with van der Waals surface area (Å²) in [5.74, 6) is 1.20. The van der Waals surface area contributed by atoms with Crippen LogP contribution < -0.4 is 9.64 Å². The van der Waals surface area contributed by atoms with Crippen molar-refractivity contribution in [3.8, 4) is 5.75 Å². The fourth-order valence-corrected chi connectivity index (χ4v) is 2.74. The van der Waals surface area contributed by atoms with Crippen LogP contribution in [0.1, 0.15) is 22.8 Å². The van der Waals surface area contributed by atoms with Gasteiger partial charge in [-0.2, -0.15) is 0 Å². The molecule has 2 rings (SSSR count). The van der Waals surface area contributed by atoms with Gasteiger partial charge in [0.25, 0.3) is 0 Å². The molecular formula is C19H21BrN2O3. The van der Waals surface area contributed by atoms with E-state index in [4.69, 9.17) is 9.47 Å². The molecule has 0 aliphatic carbocycles. The minimum Gasteiger partial charge on any atom is -0.489 e. The Morgan fingerprint density at radius 2 is 2.16 bits per heavy atom. The van der Waals surface area contributed by atoms with Crippen LogP contribution in [0.5, 0.6) is 5.75 Å². The fourth-order valence-electron chi connectivity index (χ4n) is 2.33. The van der Waals surface area contributed by atoms with Gasteiger partial charge in [-0.05, 0) is 37.3 Å². The van der Waals surface area contributed by atoms with Crippen LogP contribution in [0, 0.1) is 0 Å². The number of ether oxygens (including phenoxy) is 2. The third-order valence-corrected chi connectivity index (χ3v) is 4.11. The molecule has 0 saturated heterocycles. The van der Waals surface area contributed by atoms with Crippen molar-refractivity contribution in [2.75, 3.05) is 25.2 Å². The van der Waals surface area contributed by atoms with Crippen molar-refractivity contribution in [1.29, 1.82) is 0 Å². The number of halogens is 1. The molecule has 2 aromatic rings. The van der Waals surface area contributed by atoms with E-state index in [2.05, 4.69) is 39.3 Å². The second-order valence-electron chi connectivity index (χ2n) is 5.26. The van der Waals surface area contributed by atoms with Crippen LogP contribution in [0.3, 0.4) is 0 Å². The number of anilines is 1. The predicted molar refractivity (Wildman–Crippen MR) is 102 cm³/mol. The van der Waals surface area contributed by atoms with Crippen molar-refractivity contribution in [3.63, 3.8) is 0 Å². The molecule has 0 amide bonds. The Balaban J connectivity index is 2.23. The summed E-state index contributed by atoms with van der Waals surface area (Å²) >= 11 is 3.50. The number of hydrogen-bond donors (Lipinski definition) is 0. The summed E-state index contributed by atoms with van der Waals surface area (Å²) in [5, 5.41) is 0. The Labute approximate surface area is 156 Å². The zero-order valence-electron chi connectivity index (χ0n) is 14.4. The third-order valence-electron chi connectivity index (χ3n) is 3.62. The number of carbonyl (C=O) groups excluding carboxylic acids is 1. The summed E-state index contributed by atoms with van der Waals surface area (Å²) in [4.78, 5) is 18.0. The normalized spacial score (nSPS) is 10.2. The second-order valence-corrected chi connectivity index (χ2v) is 6.18. The Hall–Kier alpha value is -2.34. The molecule has 1 aromatic carbocycles. The van der Waals surface area contributed by atoms with Crippen molar-refractivity contribution in [2.24, 2.45) is 0 Å². The molecule has 0 fully saturated rings. The lowest BCUT2D eigenvalue weighted by molar-refractivity contribution is 0.0600. The monoisotopic (exact) mass is 404 g/mol. The zero-order chi connectivity index (χ0) is 18.2. The van der Waals surface area contributed by atoms with Gasteiger partial charge in [-0.15, -0.1) is 0 Å². The first-order chi connectivity index (χ1) is 12.1. The fraction of sp³-hybridized carbons (Fsp3) is 0.263. The highest BCUT2D eigenvalue weighted by Gasteiger charge is 2.13. The molecule has 0 saturated carbocycles. The van der Waals surface area contributed by atoms with E-state index < -0.39 is 5.97 Å². The number of pyridine rings is 1. The maximum Gasteiger partial charge on any atom is 0.339 e. The molecule has 0 aliphatic heterocycles. The molecule has 1 aromatic heterocycles. The highest BCUT2D eigenvalue weighted by Crippen LogP contribution is 2.26. The van der Waals surface area contributed by atoms with Crippen molar-refractivity contribution in [2.45, 2.75) is 13.5 Å².